The number of carbonyl (C=O) groups excluding carboxylic acids is 2. The maximum atomic E-state index is 12.0. The van der Waals surface area contributed by atoms with Crippen molar-refractivity contribution >= 4 is 11.8 Å². The molecule has 1 saturated carbocycles. The zero-order valence-electron chi connectivity index (χ0n) is 13.8. The van der Waals surface area contributed by atoms with E-state index in [1.54, 1.807) is 24.3 Å². The molecule has 5 heteroatoms. The van der Waals surface area contributed by atoms with E-state index in [1.807, 2.05) is 6.92 Å². The molecule has 0 atom stereocenters. The lowest BCUT2D eigenvalue weighted by Gasteiger charge is -2.16. The second kappa shape index (κ2) is 9.18. The van der Waals surface area contributed by atoms with Crippen molar-refractivity contribution < 1.29 is 14.3 Å². The van der Waals surface area contributed by atoms with E-state index in [0.717, 1.165) is 18.6 Å². The van der Waals surface area contributed by atoms with Crippen molar-refractivity contribution in [3.05, 3.63) is 29.8 Å². The molecular weight excluding hydrogens is 292 g/mol. The molecule has 1 aromatic carbocycles. The number of nitrogens with one attached hydrogen (secondary N) is 2. The summed E-state index contributed by atoms with van der Waals surface area (Å²) in [5.41, 5.74) is 0.524. The van der Waals surface area contributed by atoms with Gasteiger partial charge in [0.25, 0.3) is 5.91 Å². The average molecular weight is 318 g/mol. The molecule has 126 valence electrons. The zero-order chi connectivity index (χ0) is 16.5. The van der Waals surface area contributed by atoms with Crippen molar-refractivity contribution in [2.45, 2.75) is 51.5 Å². The van der Waals surface area contributed by atoms with Crippen LogP contribution in [0.15, 0.2) is 24.3 Å². The number of hydrogen-bond donors (Lipinski definition) is 2. The summed E-state index contributed by atoms with van der Waals surface area (Å²) in [4.78, 5) is 24.0. The maximum absolute atomic E-state index is 12.0. The number of hydrogen-bond acceptors (Lipinski definition) is 3. The smallest absolute Gasteiger partial charge is 0.251 e. The summed E-state index contributed by atoms with van der Waals surface area (Å²) in [5.74, 6) is 0.371. The van der Waals surface area contributed by atoms with Crippen molar-refractivity contribution in [2.75, 3.05) is 13.2 Å². The topological polar surface area (TPSA) is 67.4 Å². The third kappa shape index (κ3) is 5.93. The molecule has 0 unspecified atom stereocenters. The van der Waals surface area contributed by atoms with Gasteiger partial charge in [0.05, 0.1) is 13.2 Å². The van der Waals surface area contributed by atoms with Crippen LogP contribution >= 0.6 is 0 Å². The highest BCUT2D eigenvalue weighted by atomic mass is 16.5. The normalized spacial score (nSPS) is 15.5. The van der Waals surface area contributed by atoms with Gasteiger partial charge in [0.15, 0.2) is 0 Å². The summed E-state index contributed by atoms with van der Waals surface area (Å²) in [6, 6.07) is 7.16. The predicted molar refractivity (Wildman–Crippen MR) is 89.6 cm³/mol. The molecular formula is C18H26N2O3. The number of benzene rings is 1. The Morgan fingerprint density at radius 3 is 2.35 bits per heavy atom. The lowest BCUT2D eigenvalue weighted by molar-refractivity contribution is -0.120. The van der Waals surface area contributed by atoms with Crippen LogP contribution < -0.4 is 15.4 Å². The molecule has 5 nitrogen and oxygen atoms in total. The first-order valence-electron chi connectivity index (χ1n) is 8.49. The van der Waals surface area contributed by atoms with Gasteiger partial charge < -0.3 is 15.4 Å². The number of rotatable bonds is 6. The standard InChI is InChI=1S/C18H26N2O3/c1-2-23-16-11-9-14(10-12-16)18(22)19-13-17(21)20-15-7-5-3-4-6-8-15/h9-12,15H,2-8,13H2,1H3,(H,19,22)(H,20,21). The van der Waals surface area contributed by atoms with E-state index in [-0.39, 0.29) is 24.4 Å². The Bertz CT molecular complexity index is 506. The van der Waals surface area contributed by atoms with Crippen LogP contribution in [0.1, 0.15) is 55.8 Å². The van der Waals surface area contributed by atoms with E-state index in [2.05, 4.69) is 10.6 Å². The monoisotopic (exact) mass is 318 g/mol. The molecule has 1 aromatic rings. The van der Waals surface area contributed by atoms with Gasteiger partial charge in [-0.25, -0.2) is 0 Å². The van der Waals surface area contributed by atoms with Gasteiger partial charge in [-0.15, -0.1) is 0 Å². The molecule has 0 radical (unpaired) electrons. The summed E-state index contributed by atoms with van der Waals surface area (Å²) >= 11 is 0. The van der Waals surface area contributed by atoms with Crippen LogP contribution in [0.25, 0.3) is 0 Å². The van der Waals surface area contributed by atoms with Crippen LogP contribution in [-0.4, -0.2) is 31.0 Å². The van der Waals surface area contributed by atoms with Gasteiger partial charge in [0, 0.05) is 11.6 Å². The van der Waals surface area contributed by atoms with Gasteiger partial charge >= 0.3 is 0 Å². The predicted octanol–water partition coefficient (Wildman–Crippen LogP) is 2.65. The third-order valence-electron chi connectivity index (χ3n) is 4.06. The van der Waals surface area contributed by atoms with Crippen LogP contribution in [0, 0.1) is 0 Å². The van der Waals surface area contributed by atoms with Crippen molar-refractivity contribution in [3.63, 3.8) is 0 Å². The van der Waals surface area contributed by atoms with E-state index >= 15 is 0 Å². The van der Waals surface area contributed by atoms with Gasteiger partial charge in [-0.05, 0) is 44.0 Å². The SMILES string of the molecule is CCOc1ccc(C(=O)NCC(=O)NC2CCCCCC2)cc1. The molecule has 1 aliphatic carbocycles. The largest absolute Gasteiger partial charge is 0.494 e. The first-order valence-corrected chi connectivity index (χ1v) is 8.49. The number of carbonyl (C=O) groups is 2. The number of ether oxygens (including phenoxy) is 1. The third-order valence-corrected chi connectivity index (χ3v) is 4.06. The van der Waals surface area contributed by atoms with Gasteiger partial charge in [0.2, 0.25) is 5.91 Å². The summed E-state index contributed by atoms with van der Waals surface area (Å²) in [6.45, 7) is 2.52. The molecule has 0 heterocycles. The van der Waals surface area contributed by atoms with E-state index < -0.39 is 0 Å². The van der Waals surface area contributed by atoms with Crippen LogP contribution in [0.4, 0.5) is 0 Å². The molecule has 1 fully saturated rings. The first-order chi connectivity index (χ1) is 11.2. The van der Waals surface area contributed by atoms with Gasteiger partial charge in [-0.1, -0.05) is 25.7 Å². The summed E-state index contributed by atoms with van der Waals surface area (Å²) in [7, 11) is 0. The highest BCUT2D eigenvalue weighted by molar-refractivity contribution is 5.96. The minimum atomic E-state index is -0.246. The van der Waals surface area contributed by atoms with Crippen molar-refractivity contribution in [3.8, 4) is 5.75 Å². The average Bonchev–Trinajstić information content (AvgIpc) is 2.82. The van der Waals surface area contributed by atoms with Crippen LogP contribution in [-0.2, 0) is 4.79 Å². The van der Waals surface area contributed by atoms with Crippen LogP contribution in [0.2, 0.25) is 0 Å². The molecule has 2 amide bonds. The van der Waals surface area contributed by atoms with Crippen LogP contribution in [0.3, 0.4) is 0 Å². The first kappa shape index (κ1) is 17.3. The second-order valence-electron chi connectivity index (χ2n) is 5.90. The molecule has 0 spiro atoms. The Hall–Kier alpha value is -2.04. The molecule has 23 heavy (non-hydrogen) atoms. The highest BCUT2D eigenvalue weighted by Gasteiger charge is 2.15. The fraction of sp³-hybridized carbons (Fsp3) is 0.556. The quantitative estimate of drug-likeness (QED) is 0.792. The fourth-order valence-corrected chi connectivity index (χ4v) is 2.83. The van der Waals surface area contributed by atoms with E-state index in [4.69, 9.17) is 4.74 Å². The molecule has 0 saturated heterocycles. The fourth-order valence-electron chi connectivity index (χ4n) is 2.83. The molecule has 0 aliphatic heterocycles. The molecule has 0 aromatic heterocycles. The summed E-state index contributed by atoms with van der Waals surface area (Å²) in [5, 5.41) is 5.68. The Balaban J connectivity index is 1.75. The molecule has 1 aliphatic rings. The minimum absolute atomic E-state index is 0.0164. The Morgan fingerprint density at radius 2 is 1.74 bits per heavy atom. The van der Waals surface area contributed by atoms with Crippen LogP contribution in [0.5, 0.6) is 5.75 Å². The van der Waals surface area contributed by atoms with Gasteiger partial charge in [-0.3, -0.25) is 9.59 Å². The Morgan fingerprint density at radius 1 is 1.09 bits per heavy atom. The van der Waals surface area contributed by atoms with Gasteiger partial charge in [-0.2, -0.15) is 0 Å². The molecule has 0 bridgehead atoms. The maximum Gasteiger partial charge on any atom is 0.251 e. The molecule has 2 rings (SSSR count). The van der Waals surface area contributed by atoms with Crippen molar-refractivity contribution in [1.29, 1.82) is 0 Å². The zero-order valence-corrected chi connectivity index (χ0v) is 13.8. The minimum Gasteiger partial charge on any atom is -0.494 e. The number of amides is 2. The summed E-state index contributed by atoms with van der Waals surface area (Å²) < 4.78 is 5.34. The lowest BCUT2D eigenvalue weighted by Crippen LogP contribution is -2.41. The van der Waals surface area contributed by atoms with E-state index in [1.165, 1.54) is 25.7 Å². The van der Waals surface area contributed by atoms with E-state index in [0.29, 0.717) is 12.2 Å². The van der Waals surface area contributed by atoms with Gasteiger partial charge in [0.1, 0.15) is 5.75 Å². The van der Waals surface area contributed by atoms with Crippen molar-refractivity contribution in [2.24, 2.45) is 0 Å². The molecule has 2 N–H and O–H groups in total. The van der Waals surface area contributed by atoms with Crippen molar-refractivity contribution in [1.82, 2.24) is 10.6 Å². The second-order valence-corrected chi connectivity index (χ2v) is 5.90. The summed E-state index contributed by atoms with van der Waals surface area (Å²) in [6.07, 6.45) is 6.92. The highest BCUT2D eigenvalue weighted by Crippen LogP contribution is 2.17. The van der Waals surface area contributed by atoms with E-state index in [9.17, 15) is 9.59 Å². The Kier molecular flexibility index (Phi) is 6.91. The Labute approximate surface area is 137 Å². The lowest BCUT2D eigenvalue weighted by atomic mass is 10.1.